The lowest BCUT2D eigenvalue weighted by molar-refractivity contribution is 0.402. The quantitative estimate of drug-likeness (QED) is 0.767. The van der Waals surface area contributed by atoms with Crippen LogP contribution < -0.4 is 4.74 Å². The fraction of sp³-hybridized carbons (Fsp3) is 0.308. The van der Waals surface area contributed by atoms with Gasteiger partial charge in [-0.25, -0.2) is 9.97 Å². The van der Waals surface area contributed by atoms with Crippen molar-refractivity contribution in [1.82, 2.24) is 24.7 Å². The van der Waals surface area contributed by atoms with E-state index in [1.807, 2.05) is 33.2 Å². The highest BCUT2D eigenvalue weighted by Gasteiger charge is 2.10. The molecular weight excluding hydrogens is 242 g/mol. The first-order valence-corrected chi connectivity index (χ1v) is 6.14. The third-order valence-electron chi connectivity index (χ3n) is 2.60. The van der Waals surface area contributed by atoms with Gasteiger partial charge >= 0.3 is 0 Å². The largest absolute Gasteiger partial charge is 0.480 e. The molecule has 0 aliphatic carbocycles. The number of aromatic nitrogens is 5. The summed E-state index contributed by atoms with van der Waals surface area (Å²) < 4.78 is 6.94. The molecule has 0 saturated carbocycles. The van der Waals surface area contributed by atoms with Gasteiger partial charge in [0.2, 0.25) is 5.88 Å². The molecule has 0 unspecified atom stereocenters. The average Bonchev–Trinajstić information content (AvgIpc) is 3.06. The van der Waals surface area contributed by atoms with Crippen LogP contribution in [0, 0.1) is 0 Å². The Morgan fingerprint density at radius 3 is 2.68 bits per heavy atom. The standard InChI is InChI=1S/C11H11N5O.C2H6/c1-16-5-7(4-14-16)9-3-8-10(15-9)12-6-13-11(8)17-2;1-2/h3-6H,1-2H3,(H,12,13,15);1-2H3. The van der Waals surface area contributed by atoms with Gasteiger partial charge in [0.25, 0.3) is 0 Å². The van der Waals surface area contributed by atoms with E-state index in [1.54, 1.807) is 18.0 Å². The Labute approximate surface area is 111 Å². The Morgan fingerprint density at radius 2 is 2.05 bits per heavy atom. The van der Waals surface area contributed by atoms with Gasteiger partial charge in [-0.15, -0.1) is 0 Å². The van der Waals surface area contributed by atoms with E-state index in [-0.39, 0.29) is 0 Å². The Bertz CT molecular complexity index is 671. The second-order valence-corrected chi connectivity index (χ2v) is 3.73. The Hall–Kier alpha value is -2.37. The highest BCUT2D eigenvalue weighted by molar-refractivity contribution is 5.86. The van der Waals surface area contributed by atoms with Gasteiger partial charge in [-0.2, -0.15) is 5.10 Å². The van der Waals surface area contributed by atoms with Gasteiger partial charge in [-0.1, -0.05) is 13.8 Å². The fourth-order valence-electron chi connectivity index (χ4n) is 1.80. The van der Waals surface area contributed by atoms with Crippen LogP contribution in [0.4, 0.5) is 0 Å². The van der Waals surface area contributed by atoms with E-state index in [0.717, 1.165) is 22.3 Å². The third kappa shape index (κ3) is 2.42. The number of nitrogens with one attached hydrogen (secondary N) is 1. The zero-order chi connectivity index (χ0) is 13.8. The van der Waals surface area contributed by atoms with Crippen LogP contribution in [0.2, 0.25) is 0 Å². The summed E-state index contributed by atoms with van der Waals surface area (Å²) in [6, 6.07) is 1.96. The Kier molecular flexibility index (Phi) is 3.79. The molecule has 0 saturated heterocycles. The van der Waals surface area contributed by atoms with Crippen molar-refractivity contribution in [3.8, 4) is 17.1 Å². The Balaban J connectivity index is 0.000000637. The van der Waals surface area contributed by atoms with Gasteiger partial charge in [0.1, 0.15) is 12.0 Å². The summed E-state index contributed by atoms with van der Waals surface area (Å²) in [4.78, 5) is 11.4. The van der Waals surface area contributed by atoms with E-state index in [2.05, 4.69) is 20.1 Å². The summed E-state index contributed by atoms with van der Waals surface area (Å²) in [6.45, 7) is 4.00. The smallest absolute Gasteiger partial charge is 0.225 e. The maximum absolute atomic E-state index is 5.19. The molecule has 0 radical (unpaired) electrons. The lowest BCUT2D eigenvalue weighted by Gasteiger charge is -1.96. The molecule has 3 aromatic heterocycles. The van der Waals surface area contributed by atoms with Crippen molar-refractivity contribution in [1.29, 1.82) is 0 Å². The molecule has 0 fully saturated rings. The average molecular weight is 259 g/mol. The predicted octanol–water partition coefficient (Wildman–Crippen LogP) is 2.39. The summed E-state index contributed by atoms with van der Waals surface area (Å²) in [5, 5.41) is 5.00. The number of fused-ring (bicyclic) bond motifs is 1. The first-order valence-electron chi connectivity index (χ1n) is 6.14. The maximum atomic E-state index is 5.19. The monoisotopic (exact) mass is 259 g/mol. The second kappa shape index (κ2) is 5.51. The predicted molar refractivity (Wildman–Crippen MR) is 74.0 cm³/mol. The van der Waals surface area contributed by atoms with Crippen LogP contribution >= 0.6 is 0 Å². The van der Waals surface area contributed by atoms with E-state index in [1.165, 1.54) is 6.33 Å². The SMILES string of the molecule is CC.COc1ncnc2[nH]c(-c3cnn(C)c3)cc12. The van der Waals surface area contributed by atoms with Crippen LogP contribution in [0.1, 0.15) is 13.8 Å². The minimum absolute atomic E-state index is 0.571. The molecule has 0 atom stereocenters. The van der Waals surface area contributed by atoms with Crippen LogP contribution in [0.15, 0.2) is 24.8 Å². The highest BCUT2D eigenvalue weighted by Crippen LogP contribution is 2.27. The van der Waals surface area contributed by atoms with Gasteiger partial charge in [0.05, 0.1) is 24.4 Å². The van der Waals surface area contributed by atoms with E-state index >= 15 is 0 Å². The molecule has 0 amide bonds. The van der Waals surface area contributed by atoms with E-state index in [4.69, 9.17) is 4.74 Å². The van der Waals surface area contributed by atoms with Gasteiger partial charge < -0.3 is 9.72 Å². The number of rotatable bonds is 2. The van der Waals surface area contributed by atoms with Crippen LogP contribution in [-0.4, -0.2) is 31.8 Å². The molecule has 3 heterocycles. The number of hydrogen-bond donors (Lipinski definition) is 1. The number of aromatic amines is 1. The van der Waals surface area contributed by atoms with Crippen LogP contribution in [0.25, 0.3) is 22.3 Å². The topological polar surface area (TPSA) is 68.6 Å². The molecule has 6 nitrogen and oxygen atoms in total. The summed E-state index contributed by atoms with van der Waals surface area (Å²) in [6.07, 6.45) is 5.21. The highest BCUT2D eigenvalue weighted by atomic mass is 16.5. The molecule has 1 N–H and O–H groups in total. The molecule has 3 rings (SSSR count). The van der Waals surface area contributed by atoms with Crippen molar-refractivity contribution in [2.45, 2.75) is 13.8 Å². The number of ether oxygens (including phenoxy) is 1. The van der Waals surface area contributed by atoms with Crippen molar-refractivity contribution in [3.63, 3.8) is 0 Å². The van der Waals surface area contributed by atoms with Crippen molar-refractivity contribution in [2.75, 3.05) is 7.11 Å². The summed E-state index contributed by atoms with van der Waals surface area (Å²) in [5.41, 5.74) is 2.72. The fourth-order valence-corrected chi connectivity index (χ4v) is 1.80. The minimum atomic E-state index is 0.571. The van der Waals surface area contributed by atoms with Gasteiger partial charge in [0, 0.05) is 18.8 Å². The molecule has 0 aromatic carbocycles. The lowest BCUT2D eigenvalue weighted by atomic mass is 10.2. The number of nitrogens with zero attached hydrogens (tertiary/aromatic N) is 4. The maximum Gasteiger partial charge on any atom is 0.225 e. The van der Waals surface area contributed by atoms with Gasteiger partial charge in [-0.3, -0.25) is 4.68 Å². The lowest BCUT2D eigenvalue weighted by Crippen LogP contribution is -1.88. The first-order chi connectivity index (χ1) is 9.28. The molecule has 0 bridgehead atoms. The first kappa shape index (κ1) is 13.1. The zero-order valence-corrected chi connectivity index (χ0v) is 11.5. The summed E-state index contributed by atoms with van der Waals surface area (Å²) in [5.74, 6) is 0.571. The molecule has 0 spiro atoms. The normalized spacial score (nSPS) is 10.1. The molecule has 19 heavy (non-hydrogen) atoms. The van der Waals surface area contributed by atoms with Crippen molar-refractivity contribution in [2.24, 2.45) is 7.05 Å². The number of methoxy groups -OCH3 is 1. The van der Waals surface area contributed by atoms with Crippen molar-refractivity contribution < 1.29 is 4.74 Å². The summed E-state index contributed by atoms with van der Waals surface area (Å²) >= 11 is 0. The molecular formula is C13H17N5O. The molecule has 0 aliphatic rings. The molecule has 0 aliphatic heterocycles. The van der Waals surface area contributed by atoms with Crippen LogP contribution in [0.3, 0.4) is 0 Å². The number of hydrogen-bond acceptors (Lipinski definition) is 4. The molecule has 6 heteroatoms. The third-order valence-corrected chi connectivity index (χ3v) is 2.60. The van der Waals surface area contributed by atoms with Crippen molar-refractivity contribution in [3.05, 3.63) is 24.8 Å². The number of H-pyrrole nitrogens is 1. The molecule has 100 valence electrons. The number of aryl methyl sites for hydroxylation is 1. The second-order valence-electron chi connectivity index (χ2n) is 3.73. The zero-order valence-electron chi connectivity index (χ0n) is 11.5. The minimum Gasteiger partial charge on any atom is -0.480 e. The van der Waals surface area contributed by atoms with Gasteiger partial charge in [-0.05, 0) is 6.07 Å². The Morgan fingerprint density at radius 1 is 1.26 bits per heavy atom. The van der Waals surface area contributed by atoms with Crippen LogP contribution in [0.5, 0.6) is 5.88 Å². The molecule has 3 aromatic rings. The summed E-state index contributed by atoms with van der Waals surface area (Å²) in [7, 11) is 3.48. The van der Waals surface area contributed by atoms with Gasteiger partial charge in [0.15, 0.2) is 0 Å². The van der Waals surface area contributed by atoms with E-state index in [0.29, 0.717) is 5.88 Å². The van der Waals surface area contributed by atoms with Crippen molar-refractivity contribution >= 4 is 11.0 Å². The van der Waals surface area contributed by atoms with Crippen LogP contribution in [-0.2, 0) is 7.05 Å². The van der Waals surface area contributed by atoms with E-state index < -0.39 is 0 Å². The van der Waals surface area contributed by atoms with E-state index in [9.17, 15) is 0 Å².